The lowest BCUT2D eigenvalue weighted by Crippen LogP contribution is -2.32. The second-order valence-corrected chi connectivity index (χ2v) is 12.6. The van der Waals surface area contributed by atoms with Crippen molar-refractivity contribution in [3.8, 4) is 11.3 Å². The average molecular weight is 628 g/mol. The topological polar surface area (TPSA) is 93.6 Å². The van der Waals surface area contributed by atoms with Crippen LogP contribution in [0.2, 0.25) is 0 Å². The van der Waals surface area contributed by atoms with Crippen LogP contribution < -0.4 is 4.90 Å². The molecule has 2 aromatic heterocycles. The fraction of sp³-hybridized carbons (Fsp3) is 0.219. The number of fused-ring (bicyclic) bond motifs is 6. The summed E-state index contributed by atoms with van der Waals surface area (Å²) < 4.78 is 6.19. The van der Waals surface area contributed by atoms with E-state index in [0.717, 1.165) is 10.9 Å². The number of aromatic nitrogens is 1. The van der Waals surface area contributed by atoms with Gasteiger partial charge < -0.3 is 4.74 Å². The van der Waals surface area contributed by atoms with Gasteiger partial charge in [0.25, 0.3) is 0 Å². The van der Waals surface area contributed by atoms with Gasteiger partial charge in [0, 0.05) is 15.4 Å². The Bertz CT molecular complexity index is 1800. The van der Waals surface area contributed by atoms with E-state index in [1.54, 1.807) is 60.0 Å². The molecule has 7 rings (SSSR count). The summed E-state index contributed by atoms with van der Waals surface area (Å²) in [5, 5.41) is 2.38. The van der Waals surface area contributed by atoms with Gasteiger partial charge in [0.2, 0.25) is 17.6 Å². The van der Waals surface area contributed by atoms with E-state index in [1.165, 1.54) is 21.8 Å². The van der Waals surface area contributed by atoms with Crippen LogP contribution >= 0.6 is 27.3 Å². The highest BCUT2D eigenvalue weighted by Gasteiger charge is 2.60. The van der Waals surface area contributed by atoms with Crippen LogP contribution in [-0.4, -0.2) is 35.2 Å². The molecule has 0 N–H and O–H groups in total. The number of carbonyl (C=O) groups excluding carboxylic acids is 4. The summed E-state index contributed by atoms with van der Waals surface area (Å²) in [5.41, 5.74) is 3.85. The zero-order chi connectivity index (χ0) is 28.4. The van der Waals surface area contributed by atoms with Crippen molar-refractivity contribution in [1.82, 2.24) is 4.98 Å². The minimum atomic E-state index is -0.628. The number of thiophene rings is 1. The number of pyridine rings is 1. The second kappa shape index (κ2) is 9.85. The van der Waals surface area contributed by atoms with Crippen LogP contribution in [0, 0.1) is 23.7 Å². The summed E-state index contributed by atoms with van der Waals surface area (Å²) in [5.74, 6) is -1.37. The molecular formula is C32H23BrN2O5S. The van der Waals surface area contributed by atoms with Crippen LogP contribution in [0.15, 0.2) is 82.2 Å². The number of rotatable bonds is 6. The Morgan fingerprint density at radius 3 is 2.59 bits per heavy atom. The van der Waals surface area contributed by atoms with Crippen molar-refractivity contribution in [2.24, 2.45) is 23.7 Å². The highest BCUT2D eigenvalue weighted by Crippen LogP contribution is 2.56. The molecule has 0 radical (unpaired) electrons. The average Bonchev–Trinajstić information content (AvgIpc) is 3.76. The van der Waals surface area contributed by atoms with Crippen LogP contribution in [0.1, 0.15) is 33.4 Å². The first-order chi connectivity index (χ1) is 19.8. The number of allylic oxidation sites excluding steroid dienone is 2. The number of nitrogens with zero attached hydrogens (tertiary/aromatic N) is 2. The zero-order valence-electron chi connectivity index (χ0n) is 21.9. The summed E-state index contributed by atoms with van der Waals surface area (Å²) in [6.07, 6.45) is 3.05. The van der Waals surface area contributed by atoms with Crippen molar-refractivity contribution >= 4 is 67.4 Å². The van der Waals surface area contributed by atoms with E-state index < -0.39 is 5.97 Å². The summed E-state index contributed by atoms with van der Waals surface area (Å²) in [4.78, 5) is 58.9. The molecule has 1 saturated carbocycles. The van der Waals surface area contributed by atoms with Crippen LogP contribution in [-0.2, 0) is 14.3 Å². The molecule has 4 unspecified atom stereocenters. The van der Waals surface area contributed by atoms with Crippen molar-refractivity contribution in [2.45, 2.75) is 13.3 Å². The molecule has 9 heteroatoms. The Labute approximate surface area is 248 Å². The molecule has 2 aromatic carbocycles. The van der Waals surface area contributed by atoms with Crippen molar-refractivity contribution in [3.05, 3.63) is 92.6 Å². The number of benzene rings is 2. The lowest BCUT2D eigenvalue weighted by atomic mass is 9.82. The lowest BCUT2D eigenvalue weighted by molar-refractivity contribution is -0.123. The Morgan fingerprint density at radius 2 is 1.83 bits per heavy atom. The quantitative estimate of drug-likeness (QED) is 0.105. The largest absolute Gasteiger partial charge is 0.454 e. The summed E-state index contributed by atoms with van der Waals surface area (Å²) >= 11 is 4.75. The number of carbonyl (C=O) groups is 4. The fourth-order valence-corrected chi connectivity index (χ4v) is 7.55. The van der Waals surface area contributed by atoms with Gasteiger partial charge in [0.05, 0.1) is 39.2 Å². The maximum atomic E-state index is 13.4. The summed E-state index contributed by atoms with van der Waals surface area (Å²) in [6.45, 7) is 1.69. The maximum Gasteiger partial charge on any atom is 0.339 e. The number of halogens is 1. The molecule has 0 spiro atoms. The minimum Gasteiger partial charge on any atom is -0.454 e. The number of Topliss-reactive ketones (excluding diaryl/α,β-unsaturated/α-hetero) is 1. The van der Waals surface area contributed by atoms with Crippen molar-refractivity contribution in [2.75, 3.05) is 11.5 Å². The van der Waals surface area contributed by atoms with E-state index in [2.05, 4.69) is 28.9 Å². The monoisotopic (exact) mass is 626 g/mol. The molecule has 4 atom stereocenters. The molecule has 3 aliphatic rings. The second-order valence-electron chi connectivity index (χ2n) is 10.7. The molecular weight excluding hydrogens is 604 g/mol. The van der Waals surface area contributed by atoms with Crippen LogP contribution in [0.5, 0.6) is 0 Å². The molecule has 2 aliphatic carbocycles. The van der Waals surface area contributed by atoms with Crippen molar-refractivity contribution in [1.29, 1.82) is 0 Å². The summed E-state index contributed by atoms with van der Waals surface area (Å²) in [6, 6.07) is 17.6. The highest BCUT2D eigenvalue weighted by atomic mass is 79.9. The van der Waals surface area contributed by atoms with Gasteiger partial charge in [-0.05, 0) is 73.0 Å². The Hall–Kier alpha value is -3.95. The van der Waals surface area contributed by atoms with Crippen LogP contribution in [0.4, 0.5) is 5.69 Å². The van der Waals surface area contributed by atoms with Gasteiger partial charge in [0.15, 0.2) is 6.61 Å². The number of hydrogen-bond acceptors (Lipinski definition) is 7. The van der Waals surface area contributed by atoms with Crippen LogP contribution in [0.25, 0.3) is 22.2 Å². The molecule has 1 saturated heterocycles. The van der Waals surface area contributed by atoms with Gasteiger partial charge in [-0.3, -0.25) is 19.3 Å². The molecule has 2 fully saturated rings. The van der Waals surface area contributed by atoms with Gasteiger partial charge in [-0.2, -0.15) is 0 Å². The third-order valence-corrected chi connectivity index (χ3v) is 9.83. The van der Waals surface area contributed by atoms with Crippen LogP contribution in [0.3, 0.4) is 0 Å². The number of ketones is 1. The van der Waals surface area contributed by atoms with E-state index in [0.29, 0.717) is 32.7 Å². The van der Waals surface area contributed by atoms with Crippen molar-refractivity contribution < 1.29 is 23.9 Å². The van der Waals surface area contributed by atoms with E-state index in [1.807, 2.05) is 6.07 Å². The molecule has 3 heterocycles. The lowest BCUT2D eigenvalue weighted by Gasteiger charge is -2.19. The van der Waals surface area contributed by atoms with Gasteiger partial charge in [-0.1, -0.05) is 45.8 Å². The fourth-order valence-electron chi connectivity index (χ4n) is 6.54. The molecule has 2 amide bonds. The standard InChI is InChI=1S/C32H23BrN2O5S/c1-16-11-18-12-21(16)29-28(18)30(37)35(31(29)38)20-7-4-17(5-8-20)25-14-23(22-13-19(33)6-9-24(22)34-25)32(39)40-15-26(36)27-3-2-10-41-27/h2-11,13-14,18,21,28-29H,12,15H2,1H3. The molecule has 204 valence electrons. The molecule has 4 aromatic rings. The Kier molecular flexibility index (Phi) is 6.24. The van der Waals surface area contributed by atoms with E-state index in [-0.39, 0.29) is 53.4 Å². The predicted octanol–water partition coefficient (Wildman–Crippen LogP) is 6.47. The Morgan fingerprint density at radius 1 is 1.05 bits per heavy atom. The smallest absolute Gasteiger partial charge is 0.339 e. The molecule has 7 nitrogen and oxygen atoms in total. The first-order valence-electron chi connectivity index (χ1n) is 13.3. The first kappa shape index (κ1) is 26.0. The van der Waals surface area contributed by atoms with Crippen molar-refractivity contribution in [3.63, 3.8) is 0 Å². The number of hydrogen-bond donors (Lipinski definition) is 0. The molecule has 2 bridgehead atoms. The molecule has 41 heavy (non-hydrogen) atoms. The van der Waals surface area contributed by atoms with E-state index in [9.17, 15) is 19.2 Å². The SMILES string of the molecule is CC1=CC2CC1C1C(=O)N(c3ccc(-c4cc(C(=O)OCC(=O)c5cccs5)c5cc(Br)ccc5n4)cc3)C(=O)C21. The number of esters is 1. The van der Waals surface area contributed by atoms with Gasteiger partial charge >= 0.3 is 5.97 Å². The van der Waals surface area contributed by atoms with E-state index >= 15 is 0 Å². The van der Waals surface area contributed by atoms with Gasteiger partial charge in [0.1, 0.15) is 0 Å². The van der Waals surface area contributed by atoms with Gasteiger partial charge in [-0.25, -0.2) is 9.78 Å². The zero-order valence-corrected chi connectivity index (χ0v) is 24.3. The number of ether oxygens (including phenoxy) is 1. The normalized spacial score (nSPS) is 22.8. The van der Waals surface area contributed by atoms with E-state index in [4.69, 9.17) is 9.72 Å². The predicted molar refractivity (Wildman–Crippen MR) is 159 cm³/mol. The third kappa shape index (κ3) is 4.26. The minimum absolute atomic E-state index is 0.121. The number of amides is 2. The maximum absolute atomic E-state index is 13.4. The third-order valence-electron chi connectivity index (χ3n) is 8.42. The Balaban J connectivity index is 1.18. The van der Waals surface area contributed by atoms with Gasteiger partial charge in [-0.15, -0.1) is 11.3 Å². The first-order valence-corrected chi connectivity index (χ1v) is 15.0. The number of anilines is 1. The number of imide groups is 1. The summed E-state index contributed by atoms with van der Waals surface area (Å²) in [7, 11) is 0. The molecule has 1 aliphatic heterocycles. The highest BCUT2D eigenvalue weighted by molar-refractivity contribution is 9.10.